The van der Waals surface area contributed by atoms with E-state index < -0.39 is 17.7 Å². The predicted molar refractivity (Wildman–Crippen MR) is 134 cm³/mol. The second kappa shape index (κ2) is 10.2. The predicted octanol–water partition coefficient (Wildman–Crippen LogP) is 6.46. The minimum Gasteiger partial charge on any atom is -0.450 e. The van der Waals surface area contributed by atoms with Gasteiger partial charge in [0.05, 0.1) is 0 Å². The van der Waals surface area contributed by atoms with Gasteiger partial charge >= 0.3 is 5.97 Å². The first-order chi connectivity index (χ1) is 16.0. The fraction of sp³-hybridized carbons (Fsp3) is 0.138. The number of alkyl halides is 1. The molecule has 0 fully saturated rings. The van der Waals surface area contributed by atoms with E-state index in [1.807, 2.05) is 91.9 Å². The van der Waals surface area contributed by atoms with Gasteiger partial charge in [-0.05, 0) is 34.7 Å². The molecule has 0 bridgehead atoms. The molecular formula is C29H25BrO3. The first kappa shape index (κ1) is 23.0. The minimum absolute atomic E-state index is 0.459. The zero-order valence-electron chi connectivity index (χ0n) is 18.3. The topological polar surface area (TPSA) is 46.5 Å². The Balaban J connectivity index is 1.78. The number of carbonyl (C=O) groups is 1. The van der Waals surface area contributed by atoms with Crippen LogP contribution in [0.2, 0.25) is 0 Å². The van der Waals surface area contributed by atoms with Crippen molar-refractivity contribution in [3.8, 4) is 0 Å². The van der Waals surface area contributed by atoms with Crippen LogP contribution in [0.15, 0.2) is 109 Å². The molecule has 1 N–H and O–H groups in total. The average Bonchev–Trinajstić information content (AvgIpc) is 2.88. The summed E-state index contributed by atoms with van der Waals surface area (Å²) in [5.41, 5.74) is 2.71. The second-order valence-electron chi connectivity index (χ2n) is 8.01. The summed E-state index contributed by atoms with van der Waals surface area (Å²) in [7, 11) is 0. The smallest absolute Gasteiger partial charge is 0.348 e. The van der Waals surface area contributed by atoms with E-state index in [9.17, 15) is 9.90 Å². The van der Waals surface area contributed by atoms with Crippen molar-refractivity contribution in [1.29, 1.82) is 0 Å². The van der Waals surface area contributed by atoms with Crippen molar-refractivity contribution >= 4 is 21.9 Å². The van der Waals surface area contributed by atoms with Gasteiger partial charge < -0.3 is 9.84 Å². The Bertz CT molecular complexity index is 1150. The fourth-order valence-electron chi connectivity index (χ4n) is 3.81. The summed E-state index contributed by atoms with van der Waals surface area (Å²) in [5, 5.41) is 12.6. The van der Waals surface area contributed by atoms with Gasteiger partial charge in [0.25, 0.3) is 0 Å². The molecule has 0 heterocycles. The van der Waals surface area contributed by atoms with Crippen molar-refractivity contribution in [3.05, 3.63) is 143 Å². The molecule has 0 aromatic heterocycles. The van der Waals surface area contributed by atoms with Crippen LogP contribution < -0.4 is 0 Å². The second-order valence-corrected chi connectivity index (χ2v) is 8.57. The van der Waals surface area contributed by atoms with Crippen LogP contribution in [0.4, 0.5) is 0 Å². The largest absolute Gasteiger partial charge is 0.450 e. The van der Waals surface area contributed by atoms with Gasteiger partial charge in [-0.3, -0.25) is 0 Å². The SMILES string of the molecule is Cc1ccc([C@](O)(C(=O)OC(c2ccccc2)c2ccccc2)c2ccc(CBr)cc2)cc1. The van der Waals surface area contributed by atoms with E-state index in [4.69, 9.17) is 4.74 Å². The molecule has 0 saturated carbocycles. The van der Waals surface area contributed by atoms with Crippen LogP contribution in [0.25, 0.3) is 0 Å². The van der Waals surface area contributed by atoms with Crippen LogP contribution in [-0.4, -0.2) is 11.1 Å². The molecule has 0 aliphatic rings. The first-order valence-corrected chi connectivity index (χ1v) is 11.9. The molecule has 1 atom stereocenters. The van der Waals surface area contributed by atoms with Gasteiger partial charge in [-0.1, -0.05) is 131 Å². The summed E-state index contributed by atoms with van der Waals surface area (Å²) in [5.74, 6) is -0.726. The van der Waals surface area contributed by atoms with Crippen molar-refractivity contribution in [2.24, 2.45) is 0 Å². The van der Waals surface area contributed by atoms with Gasteiger partial charge in [-0.15, -0.1) is 0 Å². The molecule has 4 rings (SSSR count). The minimum atomic E-state index is -1.96. The van der Waals surface area contributed by atoms with Crippen molar-refractivity contribution in [3.63, 3.8) is 0 Å². The molecule has 0 radical (unpaired) electrons. The van der Waals surface area contributed by atoms with Gasteiger partial charge in [0, 0.05) is 5.33 Å². The molecule has 3 nitrogen and oxygen atoms in total. The number of aryl methyl sites for hydroxylation is 1. The van der Waals surface area contributed by atoms with Gasteiger partial charge in [-0.25, -0.2) is 4.79 Å². The molecule has 166 valence electrons. The normalized spacial score (nSPS) is 12.8. The molecule has 4 aromatic rings. The van der Waals surface area contributed by atoms with E-state index in [0.29, 0.717) is 16.5 Å². The van der Waals surface area contributed by atoms with Gasteiger partial charge in [0.15, 0.2) is 6.10 Å². The third-order valence-corrected chi connectivity index (χ3v) is 6.37. The Morgan fingerprint density at radius 2 is 1.24 bits per heavy atom. The zero-order valence-corrected chi connectivity index (χ0v) is 19.9. The molecule has 0 spiro atoms. The van der Waals surface area contributed by atoms with E-state index in [1.54, 1.807) is 24.3 Å². The zero-order chi connectivity index (χ0) is 23.3. The Kier molecular flexibility index (Phi) is 7.07. The number of hydrogen-bond acceptors (Lipinski definition) is 3. The van der Waals surface area contributed by atoms with Crippen LogP contribution in [0.1, 0.15) is 39.5 Å². The molecule has 0 aliphatic heterocycles. The maximum atomic E-state index is 13.8. The Morgan fingerprint density at radius 3 is 1.70 bits per heavy atom. The molecule has 4 aromatic carbocycles. The Labute approximate surface area is 202 Å². The lowest BCUT2D eigenvalue weighted by Gasteiger charge is -2.30. The van der Waals surface area contributed by atoms with Crippen LogP contribution in [-0.2, 0) is 20.5 Å². The summed E-state index contributed by atoms with van der Waals surface area (Å²) in [6.45, 7) is 1.97. The third-order valence-electron chi connectivity index (χ3n) is 5.72. The maximum absolute atomic E-state index is 13.8. The highest BCUT2D eigenvalue weighted by molar-refractivity contribution is 9.08. The lowest BCUT2D eigenvalue weighted by Crippen LogP contribution is -2.39. The molecule has 0 amide bonds. The standard InChI is InChI=1S/C29H25BrO3/c1-21-12-16-25(17-13-21)29(32,26-18-14-22(20-30)15-19-26)28(31)33-27(23-8-4-2-5-9-23)24-10-6-3-7-11-24/h2-19,27,32H,20H2,1H3/t29-/m1/s1. The summed E-state index contributed by atoms with van der Waals surface area (Å²) in [6, 6.07) is 33.8. The molecule has 4 heteroatoms. The Hall–Kier alpha value is -3.21. The number of rotatable bonds is 7. The van der Waals surface area contributed by atoms with E-state index in [0.717, 1.165) is 22.3 Å². The number of esters is 1. The van der Waals surface area contributed by atoms with Crippen molar-refractivity contribution in [1.82, 2.24) is 0 Å². The van der Waals surface area contributed by atoms with E-state index >= 15 is 0 Å². The van der Waals surface area contributed by atoms with Crippen LogP contribution in [0.5, 0.6) is 0 Å². The summed E-state index contributed by atoms with van der Waals surface area (Å²) in [4.78, 5) is 13.8. The molecule has 0 aliphatic carbocycles. The number of aliphatic hydroxyl groups is 1. The van der Waals surface area contributed by atoms with Gasteiger partial charge in [0.2, 0.25) is 5.60 Å². The van der Waals surface area contributed by atoms with Crippen LogP contribution >= 0.6 is 15.9 Å². The summed E-state index contributed by atoms with van der Waals surface area (Å²) in [6.07, 6.45) is -0.654. The van der Waals surface area contributed by atoms with Crippen molar-refractivity contribution in [2.45, 2.75) is 24.0 Å². The molecule has 0 saturated heterocycles. The highest BCUT2D eigenvalue weighted by Gasteiger charge is 2.43. The highest BCUT2D eigenvalue weighted by atomic mass is 79.9. The Morgan fingerprint density at radius 1 is 0.788 bits per heavy atom. The highest BCUT2D eigenvalue weighted by Crippen LogP contribution is 2.35. The molecular weight excluding hydrogens is 476 g/mol. The monoisotopic (exact) mass is 500 g/mol. The number of ether oxygens (including phenoxy) is 1. The third kappa shape index (κ3) is 4.92. The van der Waals surface area contributed by atoms with Crippen LogP contribution in [0.3, 0.4) is 0 Å². The maximum Gasteiger partial charge on any atom is 0.348 e. The first-order valence-electron chi connectivity index (χ1n) is 10.8. The number of halogens is 1. The average molecular weight is 501 g/mol. The number of carbonyl (C=O) groups excluding carboxylic acids is 1. The van der Waals surface area contributed by atoms with Crippen molar-refractivity contribution in [2.75, 3.05) is 0 Å². The van der Waals surface area contributed by atoms with Gasteiger partial charge in [-0.2, -0.15) is 0 Å². The molecule has 33 heavy (non-hydrogen) atoms. The lowest BCUT2D eigenvalue weighted by molar-refractivity contribution is -0.166. The van der Waals surface area contributed by atoms with E-state index in [1.165, 1.54) is 0 Å². The van der Waals surface area contributed by atoms with E-state index in [2.05, 4.69) is 15.9 Å². The summed E-state index contributed by atoms with van der Waals surface area (Å²) < 4.78 is 6.09. The summed E-state index contributed by atoms with van der Waals surface area (Å²) >= 11 is 3.44. The van der Waals surface area contributed by atoms with Crippen LogP contribution in [0, 0.1) is 6.92 Å². The fourth-order valence-corrected chi connectivity index (χ4v) is 4.18. The quantitative estimate of drug-likeness (QED) is 0.234. The van der Waals surface area contributed by atoms with E-state index in [-0.39, 0.29) is 0 Å². The lowest BCUT2D eigenvalue weighted by atomic mass is 9.85. The van der Waals surface area contributed by atoms with Crippen molar-refractivity contribution < 1.29 is 14.6 Å². The number of hydrogen-bond donors (Lipinski definition) is 1. The molecule has 0 unspecified atom stereocenters. The number of benzene rings is 4. The van der Waals surface area contributed by atoms with Gasteiger partial charge in [0.1, 0.15) is 0 Å².